The number of amides is 1. The molecular formula is C20H20N6O2. The van der Waals surface area contributed by atoms with Gasteiger partial charge in [0, 0.05) is 24.7 Å². The SMILES string of the molecule is C#Cc1cccc(-c2ccc3nc(N)nc(N)c3n2)c1.CN1CC[C@H](O)C1=O. The lowest BCUT2D eigenvalue weighted by Gasteiger charge is -2.05. The van der Waals surface area contributed by atoms with Gasteiger partial charge < -0.3 is 21.5 Å². The fraction of sp³-hybridized carbons (Fsp3) is 0.200. The third-order valence-corrected chi connectivity index (χ3v) is 4.31. The number of anilines is 2. The van der Waals surface area contributed by atoms with Crippen molar-refractivity contribution >= 4 is 28.7 Å². The van der Waals surface area contributed by atoms with E-state index in [4.69, 9.17) is 23.0 Å². The van der Waals surface area contributed by atoms with Crippen molar-refractivity contribution in [3.63, 3.8) is 0 Å². The molecular weight excluding hydrogens is 356 g/mol. The summed E-state index contributed by atoms with van der Waals surface area (Å²) in [6.45, 7) is 0.694. The Bertz CT molecular complexity index is 1060. The Kier molecular flexibility index (Phi) is 5.38. The highest BCUT2D eigenvalue weighted by molar-refractivity contribution is 5.87. The molecule has 1 saturated heterocycles. The van der Waals surface area contributed by atoms with Crippen LogP contribution in [-0.4, -0.2) is 50.6 Å². The number of hydrogen-bond acceptors (Lipinski definition) is 7. The van der Waals surface area contributed by atoms with Crippen molar-refractivity contribution in [3.05, 3.63) is 42.0 Å². The molecule has 5 N–H and O–H groups in total. The van der Waals surface area contributed by atoms with Gasteiger partial charge in [-0.15, -0.1) is 6.42 Å². The number of carbonyl (C=O) groups excluding carboxylic acids is 1. The van der Waals surface area contributed by atoms with Crippen molar-refractivity contribution in [1.29, 1.82) is 0 Å². The summed E-state index contributed by atoms with van der Waals surface area (Å²) < 4.78 is 0. The summed E-state index contributed by atoms with van der Waals surface area (Å²) in [5.74, 6) is 2.86. The molecule has 0 saturated carbocycles. The maximum Gasteiger partial charge on any atom is 0.251 e. The van der Waals surface area contributed by atoms with Crippen LogP contribution in [0, 0.1) is 12.3 Å². The molecule has 0 bridgehead atoms. The largest absolute Gasteiger partial charge is 0.383 e. The molecule has 1 aliphatic heterocycles. The number of rotatable bonds is 1. The summed E-state index contributed by atoms with van der Waals surface area (Å²) >= 11 is 0. The van der Waals surface area contributed by atoms with Gasteiger partial charge in [-0.25, -0.2) is 9.97 Å². The van der Waals surface area contributed by atoms with Crippen LogP contribution in [0.4, 0.5) is 11.8 Å². The van der Waals surface area contributed by atoms with E-state index in [1.54, 1.807) is 7.05 Å². The van der Waals surface area contributed by atoms with Gasteiger partial charge in [0.25, 0.3) is 5.91 Å². The van der Waals surface area contributed by atoms with Gasteiger partial charge in [-0.2, -0.15) is 4.98 Å². The van der Waals surface area contributed by atoms with Gasteiger partial charge in [0.1, 0.15) is 11.6 Å². The van der Waals surface area contributed by atoms with Crippen molar-refractivity contribution in [2.75, 3.05) is 25.1 Å². The first-order chi connectivity index (χ1) is 13.4. The third-order valence-electron chi connectivity index (χ3n) is 4.31. The molecule has 28 heavy (non-hydrogen) atoms. The average Bonchev–Trinajstić information content (AvgIpc) is 2.99. The molecule has 8 nitrogen and oxygen atoms in total. The number of nitrogens with two attached hydrogens (primary N) is 2. The van der Waals surface area contributed by atoms with Crippen LogP contribution in [0.2, 0.25) is 0 Å². The summed E-state index contributed by atoms with van der Waals surface area (Å²) in [6, 6.07) is 11.2. The first-order valence-corrected chi connectivity index (χ1v) is 8.59. The molecule has 1 atom stereocenters. The number of likely N-dealkylation sites (tertiary alicyclic amines) is 1. The Hall–Kier alpha value is -3.70. The molecule has 2 aromatic heterocycles. The zero-order valence-corrected chi connectivity index (χ0v) is 15.3. The number of terminal acetylenes is 1. The average molecular weight is 376 g/mol. The quantitative estimate of drug-likeness (QED) is 0.541. The summed E-state index contributed by atoms with van der Waals surface area (Å²) in [7, 11) is 1.69. The summed E-state index contributed by atoms with van der Waals surface area (Å²) in [4.78, 5) is 24.6. The second-order valence-corrected chi connectivity index (χ2v) is 6.32. The van der Waals surface area contributed by atoms with E-state index in [1.807, 2.05) is 36.4 Å². The molecule has 0 unspecified atom stereocenters. The van der Waals surface area contributed by atoms with Gasteiger partial charge in [0.05, 0.1) is 11.2 Å². The molecule has 8 heteroatoms. The highest BCUT2D eigenvalue weighted by atomic mass is 16.3. The molecule has 0 spiro atoms. The van der Waals surface area contributed by atoms with Crippen LogP contribution in [0.3, 0.4) is 0 Å². The van der Waals surface area contributed by atoms with Gasteiger partial charge in [-0.1, -0.05) is 18.1 Å². The van der Waals surface area contributed by atoms with Crippen LogP contribution in [0.1, 0.15) is 12.0 Å². The van der Waals surface area contributed by atoms with Crippen LogP contribution < -0.4 is 11.5 Å². The molecule has 1 amide bonds. The number of aliphatic hydroxyl groups excluding tert-OH is 1. The van der Waals surface area contributed by atoms with E-state index in [2.05, 4.69) is 20.9 Å². The van der Waals surface area contributed by atoms with E-state index >= 15 is 0 Å². The van der Waals surface area contributed by atoms with Crippen molar-refractivity contribution in [1.82, 2.24) is 19.9 Å². The second-order valence-electron chi connectivity index (χ2n) is 6.32. The fourth-order valence-electron chi connectivity index (χ4n) is 2.79. The molecule has 0 radical (unpaired) electrons. The number of likely N-dealkylation sites (N-methyl/N-ethyl adjacent to an activating group) is 1. The van der Waals surface area contributed by atoms with Crippen molar-refractivity contribution < 1.29 is 9.90 Å². The molecule has 0 aliphatic carbocycles. The van der Waals surface area contributed by atoms with Crippen LogP contribution in [0.25, 0.3) is 22.3 Å². The lowest BCUT2D eigenvalue weighted by molar-refractivity contribution is -0.133. The number of aromatic nitrogens is 3. The number of nitrogens with zero attached hydrogens (tertiary/aromatic N) is 4. The molecule has 1 aromatic carbocycles. The Morgan fingerprint density at radius 3 is 2.61 bits per heavy atom. The van der Waals surface area contributed by atoms with E-state index in [0.29, 0.717) is 24.0 Å². The Labute approximate surface area is 162 Å². The van der Waals surface area contributed by atoms with Gasteiger partial charge >= 0.3 is 0 Å². The zero-order chi connectivity index (χ0) is 20.3. The number of aliphatic hydroxyl groups is 1. The number of carbonyl (C=O) groups is 1. The van der Waals surface area contributed by atoms with Crippen LogP contribution in [0.15, 0.2) is 36.4 Å². The Morgan fingerprint density at radius 1 is 1.21 bits per heavy atom. The number of fused-ring (bicyclic) bond motifs is 1. The lowest BCUT2D eigenvalue weighted by Crippen LogP contribution is -2.24. The fourth-order valence-corrected chi connectivity index (χ4v) is 2.79. The van der Waals surface area contributed by atoms with Crippen molar-refractivity contribution in [3.8, 4) is 23.6 Å². The van der Waals surface area contributed by atoms with E-state index in [-0.39, 0.29) is 17.7 Å². The first-order valence-electron chi connectivity index (χ1n) is 8.59. The molecule has 1 fully saturated rings. The molecule has 142 valence electrons. The van der Waals surface area contributed by atoms with E-state index in [0.717, 1.165) is 16.8 Å². The number of nitrogen functional groups attached to an aromatic ring is 2. The van der Waals surface area contributed by atoms with Crippen molar-refractivity contribution in [2.45, 2.75) is 12.5 Å². The standard InChI is InChI=1S/C15H11N5.C5H9NO2/c1-2-9-4-3-5-10(8-9)11-6-7-12-13(18-11)14(16)20-15(17)19-12;1-6-3-2-4(7)5(6)8/h1,3-8H,(H4,16,17,19,20);4,7H,2-3H2,1H3/t;4-/m.0/s1. The van der Waals surface area contributed by atoms with Gasteiger partial charge in [-0.05, 0) is 30.7 Å². The Morgan fingerprint density at radius 2 is 2.00 bits per heavy atom. The molecule has 3 heterocycles. The lowest BCUT2D eigenvalue weighted by atomic mass is 10.1. The number of benzene rings is 1. The van der Waals surface area contributed by atoms with E-state index < -0.39 is 6.10 Å². The minimum Gasteiger partial charge on any atom is -0.383 e. The second kappa shape index (κ2) is 7.90. The number of hydrogen-bond donors (Lipinski definition) is 3. The topological polar surface area (TPSA) is 131 Å². The maximum absolute atomic E-state index is 10.6. The normalized spacial score (nSPS) is 15.8. The summed E-state index contributed by atoms with van der Waals surface area (Å²) in [6.07, 6.45) is 5.27. The summed E-state index contributed by atoms with van der Waals surface area (Å²) in [5, 5.41) is 8.78. The molecule has 4 rings (SSSR count). The molecule has 1 aliphatic rings. The maximum atomic E-state index is 10.6. The van der Waals surface area contributed by atoms with Crippen LogP contribution in [-0.2, 0) is 4.79 Å². The van der Waals surface area contributed by atoms with E-state index in [9.17, 15) is 4.79 Å². The number of pyridine rings is 1. The Balaban J connectivity index is 0.000000236. The monoisotopic (exact) mass is 376 g/mol. The highest BCUT2D eigenvalue weighted by Gasteiger charge is 2.25. The summed E-state index contributed by atoms with van der Waals surface area (Å²) in [5.41, 5.74) is 15.0. The van der Waals surface area contributed by atoms with Crippen LogP contribution in [0.5, 0.6) is 0 Å². The predicted molar refractivity (Wildman–Crippen MR) is 108 cm³/mol. The minimum absolute atomic E-state index is 0.138. The predicted octanol–water partition coefficient (Wildman–Crippen LogP) is 1.05. The van der Waals surface area contributed by atoms with Crippen molar-refractivity contribution in [2.24, 2.45) is 0 Å². The van der Waals surface area contributed by atoms with Gasteiger partial charge in [0.15, 0.2) is 5.82 Å². The highest BCUT2D eigenvalue weighted by Crippen LogP contribution is 2.23. The molecule has 3 aromatic rings. The third kappa shape index (κ3) is 4.00. The van der Waals surface area contributed by atoms with Gasteiger partial charge in [0.2, 0.25) is 5.95 Å². The smallest absolute Gasteiger partial charge is 0.251 e. The minimum atomic E-state index is -0.722. The zero-order valence-electron chi connectivity index (χ0n) is 15.3. The first kappa shape index (κ1) is 19.1. The van der Waals surface area contributed by atoms with E-state index in [1.165, 1.54) is 4.90 Å². The van der Waals surface area contributed by atoms with Crippen LogP contribution >= 0.6 is 0 Å². The van der Waals surface area contributed by atoms with Gasteiger partial charge in [-0.3, -0.25) is 4.79 Å².